The van der Waals surface area contributed by atoms with E-state index in [1.54, 1.807) is 30.2 Å². The minimum absolute atomic E-state index is 0.232. The van der Waals surface area contributed by atoms with Crippen molar-refractivity contribution in [3.8, 4) is 0 Å². The number of thioether (sulfide) groups is 1. The average molecular weight is 394 g/mol. The highest BCUT2D eigenvalue weighted by atomic mass is 32.2. The van der Waals surface area contributed by atoms with E-state index in [0.29, 0.717) is 17.8 Å². The average Bonchev–Trinajstić information content (AvgIpc) is 3.25. The SMILES string of the molecule is CSCc1cccc(NC(=O)c2cc3occc3n2Cc2cccc(F)c2)c1. The lowest BCUT2D eigenvalue weighted by Gasteiger charge is -2.11. The first-order valence-corrected chi connectivity index (χ1v) is 10.2. The third-order valence-electron chi connectivity index (χ3n) is 4.48. The zero-order chi connectivity index (χ0) is 19.5. The molecule has 0 aliphatic heterocycles. The molecule has 0 aliphatic carbocycles. The summed E-state index contributed by atoms with van der Waals surface area (Å²) >= 11 is 1.73. The Morgan fingerprint density at radius 3 is 2.75 bits per heavy atom. The molecule has 0 fully saturated rings. The van der Waals surface area contributed by atoms with Gasteiger partial charge in [-0.2, -0.15) is 11.8 Å². The summed E-state index contributed by atoms with van der Waals surface area (Å²) in [6.45, 7) is 0.371. The molecule has 0 aliphatic rings. The number of hydrogen-bond donors (Lipinski definition) is 1. The van der Waals surface area contributed by atoms with Gasteiger partial charge >= 0.3 is 0 Å². The first kappa shape index (κ1) is 18.4. The largest absolute Gasteiger partial charge is 0.463 e. The molecule has 0 saturated carbocycles. The van der Waals surface area contributed by atoms with Crippen LogP contribution in [0.3, 0.4) is 0 Å². The maximum atomic E-state index is 13.6. The second-order valence-corrected chi connectivity index (χ2v) is 7.37. The molecule has 4 aromatic rings. The van der Waals surface area contributed by atoms with E-state index < -0.39 is 0 Å². The fraction of sp³-hybridized carbons (Fsp3) is 0.136. The second-order valence-electron chi connectivity index (χ2n) is 6.50. The van der Waals surface area contributed by atoms with Gasteiger partial charge in [0.05, 0.1) is 11.8 Å². The van der Waals surface area contributed by atoms with Crippen LogP contribution in [0, 0.1) is 5.82 Å². The summed E-state index contributed by atoms with van der Waals surface area (Å²) in [5, 5.41) is 2.96. The van der Waals surface area contributed by atoms with Crippen LogP contribution in [-0.2, 0) is 12.3 Å². The third kappa shape index (κ3) is 3.82. The van der Waals surface area contributed by atoms with Crippen molar-refractivity contribution in [1.82, 2.24) is 4.57 Å². The number of nitrogens with zero attached hydrogens (tertiary/aromatic N) is 1. The Bertz CT molecular complexity index is 1130. The van der Waals surface area contributed by atoms with Crippen molar-refractivity contribution in [3.63, 3.8) is 0 Å². The zero-order valence-corrected chi connectivity index (χ0v) is 16.1. The van der Waals surface area contributed by atoms with Gasteiger partial charge in [0.25, 0.3) is 5.91 Å². The summed E-state index contributed by atoms with van der Waals surface area (Å²) in [7, 11) is 0. The lowest BCUT2D eigenvalue weighted by atomic mass is 10.2. The summed E-state index contributed by atoms with van der Waals surface area (Å²) < 4.78 is 20.9. The highest BCUT2D eigenvalue weighted by Gasteiger charge is 2.18. The highest BCUT2D eigenvalue weighted by molar-refractivity contribution is 7.97. The minimum Gasteiger partial charge on any atom is -0.463 e. The monoisotopic (exact) mass is 394 g/mol. The lowest BCUT2D eigenvalue weighted by Crippen LogP contribution is -2.17. The summed E-state index contributed by atoms with van der Waals surface area (Å²) in [6.07, 6.45) is 3.62. The van der Waals surface area contributed by atoms with E-state index in [4.69, 9.17) is 4.42 Å². The quantitative estimate of drug-likeness (QED) is 0.467. The van der Waals surface area contributed by atoms with Crippen LogP contribution in [0.25, 0.3) is 11.1 Å². The predicted octanol–water partition coefficient (Wildman–Crippen LogP) is 5.54. The number of fused-ring (bicyclic) bond motifs is 1. The lowest BCUT2D eigenvalue weighted by molar-refractivity contribution is 0.101. The van der Waals surface area contributed by atoms with Gasteiger partial charge in [-0.3, -0.25) is 4.79 Å². The number of benzene rings is 2. The molecular weight excluding hydrogens is 375 g/mol. The predicted molar refractivity (Wildman–Crippen MR) is 111 cm³/mol. The normalized spacial score (nSPS) is 11.1. The Hall–Kier alpha value is -2.99. The maximum Gasteiger partial charge on any atom is 0.272 e. The van der Waals surface area contributed by atoms with Crippen molar-refractivity contribution in [3.05, 3.63) is 89.6 Å². The Balaban J connectivity index is 1.65. The molecule has 0 spiro atoms. The molecule has 4 rings (SSSR count). The Kier molecular flexibility index (Phi) is 5.21. The Morgan fingerprint density at radius 2 is 1.93 bits per heavy atom. The van der Waals surface area contributed by atoms with Gasteiger partial charge in [0.15, 0.2) is 5.58 Å². The van der Waals surface area contributed by atoms with Crippen molar-refractivity contribution < 1.29 is 13.6 Å². The van der Waals surface area contributed by atoms with E-state index in [1.807, 2.05) is 47.2 Å². The smallest absolute Gasteiger partial charge is 0.272 e. The van der Waals surface area contributed by atoms with Crippen molar-refractivity contribution in [2.75, 3.05) is 11.6 Å². The number of carbonyl (C=O) groups is 1. The summed E-state index contributed by atoms with van der Waals surface area (Å²) in [6, 6.07) is 17.7. The van der Waals surface area contributed by atoms with E-state index >= 15 is 0 Å². The van der Waals surface area contributed by atoms with Crippen molar-refractivity contribution >= 4 is 34.5 Å². The molecule has 6 heteroatoms. The first-order valence-electron chi connectivity index (χ1n) is 8.84. The van der Waals surface area contributed by atoms with Crippen LogP contribution >= 0.6 is 11.8 Å². The van der Waals surface area contributed by atoms with Crippen molar-refractivity contribution in [2.24, 2.45) is 0 Å². The topological polar surface area (TPSA) is 47.2 Å². The fourth-order valence-corrected chi connectivity index (χ4v) is 3.77. The number of furan rings is 1. The molecule has 2 heterocycles. The minimum atomic E-state index is -0.301. The standard InChI is InChI=1S/C22H19FN2O2S/c1-28-14-16-5-3-7-18(11-16)24-22(26)20-12-21-19(8-9-27-21)25(20)13-15-4-2-6-17(23)10-15/h2-12H,13-14H2,1H3,(H,24,26). The van der Waals surface area contributed by atoms with E-state index in [2.05, 4.69) is 5.32 Å². The van der Waals surface area contributed by atoms with Crippen LogP contribution in [0.1, 0.15) is 21.6 Å². The molecule has 2 aromatic carbocycles. The number of amides is 1. The number of carbonyl (C=O) groups excluding carboxylic acids is 1. The van der Waals surface area contributed by atoms with Gasteiger partial charge in [0.2, 0.25) is 0 Å². The highest BCUT2D eigenvalue weighted by Crippen LogP contribution is 2.24. The summed E-state index contributed by atoms with van der Waals surface area (Å²) in [5.41, 5.74) is 4.55. The molecule has 1 amide bonds. The van der Waals surface area contributed by atoms with Crippen molar-refractivity contribution in [1.29, 1.82) is 0 Å². The first-order chi connectivity index (χ1) is 13.6. The van der Waals surface area contributed by atoms with Gasteiger partial charge in [0.1, 0.15) is 11.5 Å². The molecule has 142 valence electrons. The third-order valence-corrected chi connectivity index (χ3v) is 5.10. The molecule has 1 N–H and O–H groups in total. The van der Waals surface area contributed by atoms with Gasteiger partial charge in [0, 0.05) is 30.1 Å². The van der Waals surface area contributed by atoms with E-state index in [1.165, 1.54) is 12.1 Å². The van der Waals surface area contributed by atoms with Gasteiger partial charge in [-0.05, 0) is 41.6 Å². The number of nitrogens with one attached hydrogen (secondary N) is 1. The van der Waals surface area contributed by atoms with Crippen LogP contribution in [-0.4, -0.2) is 16.7 Å². The molecule has 2 aromatic heterocycles. The van der Waals surface area contributed by atoms with Gasteiger partial charge < -0.3 is 14.3 Å². The second kappa shape index (κ2) is 7.94. The number of rotatable bonds is 6. The number of hydrogen-bond acceptors (Lipinski definition) is 3. The maximum absolute atomic E-state index is 13.6. The zero-order valence-electron chi connectivity index (χ0n) is 15.3. The number of aromatic nitrogens is 1. The molecule has 0 atom stereocenters. The van der Waals surface area contributed by atoms with E-state index in [-0.39, 0.29) is 11.7 Å². The van der Waals surface area contributed by atoms with Crippen LogP contribution < -0.4 is 5.32 Å². The van der Waals surface area contributed by atoms with Crippen LogP contribution in [0.5, 0.6) is 0 Å². The molecule has 0 radical (unpaired) electrons. The summed E-state index contributed by atoms with van der Waals surface area (Å²) in [5.74, 6) is 0.348. The number of halogens is 1. The van der Waals surface area contributed by atoms with Gasteiger partial charge in [-0.15, -0.1) is 0 Å². The fourth-order valence-electron chi connectivity index (χ4n) is 3.25. The van der Waals surface area contributed by atoms with Crippen LogP contribution in [0.4, 0.5) is 10.1 Å². The molecule has 0 saturated heterocycles. The Morgan fingerprint density at radius 1 is 1.11 bits per heavy atom. The van der Waals surface area contributed by atoms with Crippen LogP contribution in [0.15, 0.2) is 71.3 Å². The van der Waals surface area contributed by atoms with E-state index in [0.717, 1.165) is 28.1 Å². The molecule has 28 heavy (non-hydrogen) atoms. The molecule has 4 nitrogen and oxygen atoms in total. The van der Waals surface area contributed by atoms with Gasteiger partial charge in [-0.25, -0.2) is 4.39 Å². The van der Waals surface area contributed by atoms with E-state index in [9.17, 15) is 9.18 Å². The molecule has 0 unspecified atom stereocenters. The van der Waals surface area contributed by atoms with Crippen molar-refractivity contribution in [2.45, 2.75) is 12.3 Å². The molecular formula is C22H19FN2O2S. The molecule has 0 bridgehead atoms. The number of anilines is 1. The van der Waals surface area contributed by atoms with Gasteiger partial charge in [-0.1, -0.05) is 24.3 Å². The summed E-state index contributed by atoms with van der Waals surface area (Å²) in [4.78, 5) is 13.0. The van der Waals surface area contributed by atoms with Crippen LogP contribution in [0.2, 0.25) is 0 Å². The Labute approximate surface area is 166 Å².